The van der Waals surface area contributed by atoms with E-state index < -0.39 is 6.03 Å². The number of phenols is 1. The first-order chi connectivity index (χ1) is 9.66. The first-order valence-corrected chi connectivity index (χ1v) is 6.51. The van der Waals surface area contributed by atoms with Crippen LogP contribution in [0, 0.1) is 0 Å². The molecule has 3 rings (SSSR count). The van der Waals surface area contributed by atoms with Crippen LogP contribution in [0.5, 0.6) is 5.75 Å². The zero-order chi connectivity index (χ0) is 14.1. The Hall–Kier alpha value is -2.50. The van der Waals surface area contributed by atoms with E-state index in [-0.39, 0.29) is 5.75 Å². The number of aromatic hydroxyl groups is 1. The van der Waals surface area contributed by atoms with Crippen molar-refractivity contribution in [2.45, 2.75) is 25.7 Å². The number of hydrazone groups is 1. The van der Waals surface area contributed by atoms with Gasteiger partial charge in [0.15, 0.2) is 0 Å². The number of hydrogen-bond donors (Lipinski definition) is 3. The van der Waals surface area contributed by atoms with Gasteiger partial charge >= 0.3 is 6.03 Å². The Morgan fingerprint density at radius 1 is 1.40 bits per heavy atom. The standard InChI is InChI=1S/C14H15N3O3/c15-14(19)17-16-7-9-10(18)5-6-12-13(9)8-3-1-2-4-11(8)20-12/h5-7,18H,1-4H2,(H3,15,17,19). The lowest BCUT2D eigenvalue weighted by atomic mass is 9.94. The highest BCUT2D eigenvalue weighted by Gasteiger charge is 2.21. The summed E-state index contributed by atoms with van der Waals surface area (Å²) in [6, 6.07) is 2.56. The Balaban J connectivity index is 2.13. The van der Waals surface area contributed by atoms with Gasteiger partial charge in [-0.25, -0.2) is 10.2 Å². The van der Waals surface area contributed by atoms with Crippen molar-refractivity contribution in [1.29, 1.82) is 0 Å². The maximum Gasteiger partial charge on any atom is 0.332 e. The molecule has 0 bridgehead atoms. The van der Waals surface area contributed by atoms with Gasteiger partial charge < -0.3 is 15.3 Å². The lowest BCUT2D eigenvalue weighted by molar-refractivity contribution is 0.249. The predicted octanol–water partition coefficient (Wildman–Crippen LogP) is 2.02. The molecular formula is C14H15N3O3. The van der Waals surface area contributed by atoms with E-state index in [0.29, 0.717) is 5.56 Å². The van der Waals surface area contributed by atoms with Crippen LogP contribution >= 0.6 is 0 Å². The van der Waals surface area contributed by atoms with Gasteiger partial charge in [-0.05, 0) is 31.4 Å². The zero-order valence-corrected chi connectivity index (χ0v) is 10.8. The number of nitrogens with zero attached hydrogens (tertiary/aromatic N) is 1. The van der Waals surface area contributed by atoms with Crippen molar-refractivity contribution in [2.75, 3.05) is 0 Å². The van der Waals surface area contributed by atoms with Crippen LogP contribution in [0.4, 0.5) is 4.79 Å². The van der Waals surface area contributed by atoms with Gasteiger partial charge in [0.1, 0.15) is 17.1 Å². The number of nitrogens with two attached hydrogens (primary N) is 1. The summed E-state index contributed by atoms with van der Waals surface area (Å²) >= 11 is 0. The molecule has 1 aliphatic rings. The lowest BCUT2D eigenvalue weighted by Gasteiger charge is -2.09. The summed E-state index contributed by atoms with van der Waals surface area (Å²) in [6.07, 6.45) is 5.46. The molecule has 0 fully saturated rings. The van der Waals surface area contributed by atoms with Crippen molar-refractivity contribution in [1.82, 2.24) is 5.43 Å². The van der Waals surface area contributed by atoms with E-state index in [0.717, 1.165) is 48.0 Å². The number of rotatable bonds is 2. The Morgan fingerprint density at radius 2 is 2.20 bits per heavy atom. The number of carbonyl (C=O) groups is 1. The number of phenolic OH excluding ortho intramolecular Hbond substituents is 1. The molecule has 1 aliphatic carbocycles. The SMILES string of the molecule is NC(=O)NN=Cc1c(O)ccc2oc3c(c12)CCCC3. The molecule has 1 aromatic carbocycles. The Bertz CT molecular complexity index is 703. The maximum atomic E-state index is 10.6. The zero-order valence-electron chi connectivity index (χ0n) is 10.8. The number of benzene rings is 1. The smallest absolute Gasteiger partial charge is 0.332 e. The van der Waals surface area contributed by atoms with Crippen molar-refractivity contribution in [3.8, 4) is 5.75 Å². The molecule has 104 valence electrons. The minimum Gasteiger partial charge on any atom is -0.507 e. The summed E-state index contributed by atoms with van der Waals surface area (Å²) in [6.45, 7) is 0. The molecule has 0 unspecified atom stereocenters. The van der Waals surface area contributed by atoms with E-state index in [1.54, 1.807) is 12.1 Å². The second-order valence-electron chi connectivity index (χ2n) is 4.82. The van der Waals surface area contributed by atoms with Crippen LogP contribution in [-0.4, -0.2) is 17.4 Å². The van der Waals surface area contributed by atoms with Gasteiger partial charge in [-0.3, -0.25) is 0 Å². The van der Waals surface area contributed by atoms with E-state index >= 15 is 0 Å². The summed E-state index contributed by atoms with van der Waals surface area (Å²) < 4.78 is 5.83. The van der Waals surface area contributed by atoms with Gasteiger partial charge in [-0.2, -0.15) is 5.10 Å². The van der Waals surface area contributed by atoms with Gasteiger partial charge in [-0.1, -0.05) is 0 Å². The second-order valence-corrected chi connectivity index (χ2v) is 4.82. The summed E-state index contributed by atoms with van der Waals surface area (Å²) in [5, 5.41) is 14.6. The molecule has 20 heavy (non-hydrogen) atoms. The summed E-state index contributed by atoms with van der Waals surface area (Å²) in [4.78, 5) is 10.6. The molecule has 0 saturated carbocycles. The molecule has 1 heterocycles. The van der Waals surface area contributed by atoms with Gasteiger partial charge in [0.2, 0.25) is 0 Å². The van der Waals surface area contributed by atoms with Crippen molar-refractivity contribution in [2.24, 2.45) is 10.8 Å². The third-order valence-corrected chi connectivity index (χ3v) is 3.50. The molecule has 0 atom stereocenters. The predicted molar refractivity (Wildman–Crippen MR) is 74.8 cm³/mol. The average Bonchev–Trinajstić information content (AvgIpc) is 2.79. The Morgan fingerprint density at radius 3 is 3.00 bits per heavy atom. The average molecular weight is 273 g/mol. The van der Waals surface area contributed by atoms with Crippen molar-refractivity contribution >= 4 is 23.2 Å². The minimum absolute atomic E-state index is 0.0988. The van der Waals surface area contributed by atoms with Crippen LogP contribution in [0.2, 0.25) is 0 Å². The molecule has 6 nitrogen and oxygen atoms in total. The highest BCUT2D eigenvalue weighted by Crippen LogP contribution is 2.36. The normalized spacial score (nSPS) is 14.6. The molecule has 0 saturated heterocycles. The number of primary amides is 1. The van der Waals surface area contributed by atoms with Crippen LogP contribution in [0.1, 0.15) is 29.7 Å². The van der Waals surface area contributed by atoms with E-state index in [4.69, 9.17) is 10.2 Å². The molecule has 1 aromatic heterocycles. The Labute approximate surface area is 115 Å². The maximum absolute atomic E-state index is 10.6. The summed E-state index contributed by atoms with van der Waals surface area (Å²) in [7, 11) is 0. The van der Waals surface area contributed by atoms with Gasteiger partial charge in [0.25, 0.3) is 0 Å². The third kappa shape index (κ3) is 2.09. The van der Waals surface area contributed by atoms with Crippen LogP contribution in [-0.2, 0) is 12.8 Å². The molecule has 0 radical (unpaired) electrons. The number of aryl methyl sites for hydroxylation is 2. The van der Waals surface area contributed by atoms with Gasteiger partial charge in [-0.15, -0.1) is 0 Å². The number of urea groups is 1. The van der Waals surface area contributed by atoms with Crippen molar-refractivity contribution < 1.29 is 14.3 Å². The van der Waals surface area contributed by atoms with E-state index in [1.807, 2.05) is 0 Å². The van der Waals surface area contributed by atoms with Crippen LogP contribution in [0.15, 0.2) is 21.7 Å². The number of nitrogens with one attached hydrogen (secondary N) is 1. The highest BCUT2D eigenvalue weighted by molar-refractivity contribution is 6.03. The molecule has 2 aromatic rings. The number of fused-ring (bicyclic) bond motifs is 3. The van der Waals surface area contributed by atoms with Gasteiger partial charge in [0.05, 0.1) is 6.21 Å². The molecule has 6 heteroatoms. The van der Waals surface area contributed by atoms with E-state index in [1.165, 1.54) is 6.21 Å². The van der Waals surface area contributed by atoms with E-state index in [2.05, 4.69) is 10.5 Å². The quantitative estimate of drug-likeness (QED) is 0.576. The molecular weight excluding hydrogens is 258 g/mol. The number of furan rings is 1. The van der Waals surface area contributed by atoms with E-state index in [9.17, 15) is 9.90 Å². The van der Waals surface area contributed by atoms with Crippen LogP contribution in [0.25, 0.3) is 11.0 Å². The van der Waals surface area contributed by atoms with Gasteiger partial charge in [0, 0.05) is 22.9 Å². The minimum atomic E-state index is -0.748. The van der Waals surface area contributed by atoms with Crippen LogP contribution < -0.4 is 11.2 Å². The largest absolute Gasteiger partial charge is 0.507 e. The fourth-order valence-corrected chi connectivity index (χ4v) is 2.66. The second kappa shape index (κ2) is 4.88. The summed E-state index contributed by atoms with van der Waals surface area (Å²) in [5.41, 5.74) is 9.48. The first-order valence-electron chi connectivity index (χ1n) is 6.51. The third-order valence-electron chi connectivity index (χ3n) is 3.50. The van der Waals surface area contributed by atoms with Crippen molar-refractivity contribution in [3.05, 3.63) is 29.0 Å². The topological polar surface area (TPSA) is 101 Å². The van der Waals surface area contributed by atoms with Crippen molar-refractivity contribution in [3.63, 3.8) is 0 Å². The molecule has 0 aliphatic heterocycles. The summed E-state index contributed by atoms with van der Waals surface area (Å²) in [5.74, 6) is 1.08. The molecule has 0 spiro atoms. The number of hydrogen-bond acceptors (Lipinski definition) is 4. The van der Waals surface area contributed by atoms with Crippen LogP contribution in [0.3, 0.4) is 0 Å². The highest BCUT2D eigenvalue weighted by atomic mass is 16.3. The number of carbonyl (C=O) groups excluding carboxylic acids is 1. The fraction of sp³-hybridized carbons (Fsp3) is 0.286. The Kier molecular flexibility index (Phi) is 3.06. The number of amides is 2. The molecule has 4 N–H and O–H groups in total. The fourth-order valence-electron chi connectivity index (χ4n) is 2.66. The first kappa shape index (κ1) is 12.5. The monoisotopic (exact) mass is 273 g/mol. The lowest BCUT2D eigenvalue weighted by Crippen LogP contribution is -2.24. The molecule has 2 amide bonds.